The zero-order chi connectivity index (χ0) is 17.6. The monoisotopic (exact) mass is 369 g/mol. The number of rotatable bonds is 3. The van der Waals surface area contributed by atoms with Crippen molar-refractivity contribution in [3.05, 3.63) is 45.0 Å². The first-order chi connectivity index (χ1) is 11.2. The molecule has 0 saturated heterocycles. The Hall–Kier alpha value is -1.14. The molecule has 2 atom stereocenters. The zero-order valence-electron chi connectivity index (χ0n) is 14.2. The van der Waals surface area contributed by atoms with Crippen LogP contribution in [0.25, 0.3) is 0 Å². The van der Waals surface area contributed by atoms with Gasteiger partial charge in [-0.15, -0.1) is 0 Å². The third-order valence-electron chi connectivity index (χ3n) is 4.27. The first-order valence-corrected chi connectivity index (χ1v) is 8.61. The van der Waals surface area contributed by atoms with Crippen LogP contribution < -0.4 is 0 Å². The summed E-state index contributed by atoms with van der Waals surface area (Å²) in [7, 11) is 1.92. The van der Waals surface area contributed by atoms with E-state index in [2.05, 4.69) is 10.1 Å². The van der Waals surface area contributed by atoms with Crippen molar-refractivity contribution in [3.63, 3.8) is 0 Å². The lowest BCUT2D eigenvalue weighted by atomic mass is 9.97. The van der Waals surface area contributed by atoms with Gasteiger partial charge in [-0.2, -0.15) is 4.98 Å². The van der Waals surface area contributed by atoms with E-state index >= 15 is 0 Å². The van der Waals surface area contributed by atoms with Gasteiger partial charge < -0.3 is 9.63 Å². The summed E-state index contributed by atoms with van der Waals surface area (Å²) in [4.78, 5) is 6.46. The largest absolute Gasteiger partial charge is 0.391 e. The second-order valence-electron chi connectivity index (χ2n) is 7.35. The second-order valence-corrected chi connectivity index (χ2v) is 8.20. The Balaban J connectivity index is 1.84. The summed E-state index contributed by atoms with van der Waals surface area (Å²) in [5.74, 6) is 1.19. The number of benzene rings is 1. The van der Waals surface area contributed by atoms with E-state index in [4.69, 9.17) is 27.7 Å². The number of nitrogens with zero attached hydrogens (tertiary/aromatic N) is 3. The van der Waals surface area contributed by atoms with Gasteiger partial charge in [0.1, 0.15) is 0 Å². The third kappa shape index (κ3) is 3.31. The molecular weight excluding hydrogens is 349 g/mol. The van der Waals surface area contributed by atoms with Crippen molar-refractivity contribution in [1.82, 2.24) is 15.0 Å². The molecule has 1 aromatic heterocycles. The Kier molecular flexibility index (Phi) is 4.64. The first kappa shape index (κ1) is 17.7. The molecule has 7 heteroatoms. The maximum absolute atomic E-state index is 10.5. The molecule has 0 radical (unpaired) electrons. The van der Waals surface area contributed by atoms with E-state index in [1.165, 1.54) is 0 Å². The summed E-state index contributed by atoms with van der Waals surface area (Å²) in [6.07, 6.45) is -0.0326. The van der Waals surface area contributed by atoms with Crippen LogP contribution in [-0.4, -0.2) is 33.3 Å². The Labute approximate surface area is 151 Å². The number of hydrogen-bond donors (Lipinski definition) is 1. The summed E-state index contributed by atoms with van der Waals surface area (Å²) >= 11 is 12.4. The van der Waals surface area contributed by atoms with E-state index in [-0.39, 0.29) is 11.5 Å². The zero-order valence-corrected chi connectivity index (χ0v) is 15.7. The van der Waals surface area contributed by atoms with Crippen LogP contribution in [0, 0.1) is 0 Å². The quantitative estimate of drug-likeness (QED) is 0.891. The maximum atomic E-state index is 10.5. The summed E-state index contributed by atoms with van der Waals surface area (Å²) < 4.78 is 5.33. The van der Waals surface area contributed by atoms with E-state index in [0.29, 0.717) is 34.7 Å². The average Bonchev–Trinajstić information content (AvgIpc) is 3.02. The summed E-state index contributed by atoms with van der Waals surface area (Å²) in [5.41, 5.74) is 1.72. The van der Waals surface area contributed by atoms with Gasteiger partial charge in [0.05, 0.1) is 18.7 Å². The topological polar surface area (TPSA) is 62.4 Å². The van der Waals surface area contributed by atoms with Crippen LogP contribution in [0.5, 0.6) is 0 Å². The van der Waals surface area contributed by atoms with Gasteiger partial charge in [0.2, 0.25) is 5.89 Å². The molecule has 0 saturated carbocycles. The van der Waals surface area contributed by atoms with Crippen molar-refractivity contribution in [1.29, 1.82) is 0 Å². The minimum atomic E-state index is -0.546. The molecule has 130 valence electrons. The fourth-order valence-corrected chi connectivity index (χ4v) is 3.69. The molecule has 1 aliphatic carbocycles. The van der Waals surface area contributed by atoms with Gasteiger partial charge in [-0.25, -0.2) is 0 Å². The number of aromatic nitrogens is 2. The predicted molar refractivity (Wildman–Crippen MR) is 93.4 cm³/mol. The standard InChI is InChI=1S/C17H21Cl2N3O2/c1-17(2,3)16-20-14(21-24-16)8-22(4)15-11-5-9(18)6-12(19)10(11)7-13(15)23/h5-6,13,15,23H,7-8H2,1-4H3/t13-,15-/m0/s1. The first-order valence-electron chi connectivity index (χ1n) is 7.86. The molecule has 2 aromatic rings. The molecule has 1 aliphatic rings. The van der Waals surface area contributed by atoms with Crippen LogP contribution >= 0.6 is 23.2 Å². The maximum Gasteiger partial charge on any atom is 0.232 e. The Morgan fingerprint density at radius 1 is 1.33 bits per heavy atom. The SMILES string of the molecule is CN(Cc1noc(C(C)(C)C)n1)[C@H]1c2cc(Cl)cc(Cl)c2C[C@@H]1O. The van der Waals surface area contributed by atoms with E-state index in [1.54, 1.807) is 6.07 Å². The number of hydrogen-bond acceptors (Lipinski definition) is 5. The number of likely N-dealkylation sites (N-methyl/N-ethyl adjacent to an activating group) is 1. The second kappa shape index (κ2) is 6.30. The van der Waals surface area contributed by atoms with Crippen LogP contribution in [0.1, 0.15) is 49.7 Å². The van der Waals surface area contributed by atoms with Gasteiger partial charge in [-0.3, -0.25) is 4.90 Å². The molecule has 1 N–H and O–H groups in total. The number of halogens is 2. The fourth-order valence-electron chi connectivity index (χ4n) is 3.11. The molecule has 0 fully saturated rings. The summed E-state index contributed by atoms with van der Waals surface area (Å²) in [6, 6.07) is 3.38. The summed E-state index contributed by atoms with van der Waals surface area (Å²) in [5, 5.41) is 15.7. The molecular formula is C17H21Cl2N3O2. The van der Waals surface area contributed by atoms with Crippen molar-refractivity contribution in [2.24, 2.45) is 0 Å². The molecule has 1 aromatic carbocycles. The Morgan fingerprint density at radius 2 is 2.04 bits per heavy atom. The van der Waals surface area contributed by atoms with Crippen molar-refractivity contribution in [2.75, 3.05) is 7.05 Å². The van der Waals surface area contributed by atoms with Crippen LogP contribution in [0.2, 0.25) is 10.0 Å². The normalized spacial score (nSPS) is 20.7. The van der Waals surface area contributed by atoms with Gasteiger partial charge >= 0.3 is 0 Å². The van der Waals surface area contributed by atoms with E-state index < -0.39 is 6.10 Å². The number of aliphatic hydroxyl groups excluding tert-OH is 1. The molecule has 0 amide bonds. The smallest absolute Gasteiger partial charge is 0.232 e. The lowest BCUT2D eigenvalue weighted by Crippen LogP contribution is -2.31. The predicted octanol–water partition coefficient (Wildman–Crippen LogP) is 3.76. The van der Waals surface area contributed by atoms with Gasteiger partial charge in [-0.1, -0.05) is 49.1 Å². The lowest BCUT2D eigenvalue weighted by Gasteiger charge is -2.26. The Bertz CT molecular complexity index is 755. The van der Waals surface area contributed by atoms with Crippen LogP contribution in [0.4, 0.5) is 0 Å². The molecule has 1 heterocycles. The molecule has 24 heavy (non-hydrogen) atoms. The van der Waals surface area contributed by atoms with Gasteiger partial charge in [0, 0.05) is 21.9 Å². The molecule has 0 bridgehead atoms. The van der Waals surface area contributed by atoms with Crippen LogP contribution in [-0.2, 0) is 18.4 Å². The molecule has 3 rings (SSSR count). The van der Waals surface area contributed by atoms with Crippen molar-refractivity contribution >= 4 is 23.2 Å². The number of aliphatic hydroxyl groups is 1. The molecule has 0 aliphatic heterocycles. The molecule has 0 spiro atoms. The highest BCUT2D eigenvalue weighted by atomic mass is 35.5. The van der Waals surface area contributed by atoms with Crippen LogP contribution in [0.15, 0.2) is 16.7 Å². The third-order valence-corrected chi connectivity index (χ3v) is 4.82. The lowest BCUT2D eigenvalue weighted by molar-refractivity contribution is 0.0707. The Morgan fingerprint density at radius 3 is 2.67 bits per heavy atom. The highest BCUT2D eigenvalue weighted by molar-refractivity contribution is 6.35. The molecule has 5 nitrogen and oxygen atoms in total. The van der Waals surface area contributed by atoms with Gasteiger partial charge in [-0.05, 0) is 30.3 Å². The van der Waals surface area contributed by atoms with Crippen molar-refractivity contribution in [3.8, 4) is 0 Å². The number of fused-ring (bicyclic) bond motifs is 1. The van der Waals surface area contributed by atoms with Crippen molar-refractivity contribution in [2.45, 2.75) is 51.3 Å². The van der Waals surface area contributed by atoms with Gasteiger partial charge in [0.25, 0.3) is 0 Å². The summed E-state index contributed by atoms with van der Waals surface area (Å²) in [6.45, 7) is 6.53. The average molecular weight is 370 g/mol. The van der Waals surface area contributed by atoms with E-state index in [1.807, 2.05) is 38.8 Å². The van der Waals surface area contributed by atoms with Crippen molar-refractivity contribution < 1.29 is 9.63 Å². The van der Waals surface area contributed by atoms with Gasteiger partial charge in [0.15, 0.2) is 5.82 Å². The van der Waals surface area contributed by atoms with E-state index in [0.717, 1.165) is 11.1 Å². The molecule has 0 unspecified atom stereocenters. The van der Waals surface area contributed by atoms with E-state index in [9.17, 15) is 5.11 Å². The fraction of sp³-hybridized carbons (Fsp3) is 0.529. The minimum absolute atomic E-state index is 0.190. The van der Waals surface area contributed by atoms with Crippen LogP contribution in [0.3, 0.4) is 0 Å². The minimum Gasteiger partial charge on any atom is -0.391 e. The highest BCUT2D eigenvalue weighted by Gasteiger charge is 2.36. The highest BCUT2D eigenvalue weighted by Crippen LogP contribution is 2.41.